The second-order valence-electron chi connectivity index (χ2n) is 4.00. The van der Waals surface area contributed by atoms with Gasteiger partial charge in [-0.3, -0.25) is 0 Å². The van der Waals surface area contributed by atoms with Gasteiger partial charge in [0.15, 0.2) is 0 Å². The second kappa shape index (κ2) is 8.14. The third-order valence-electron chi connectivity index (χ3n) is 2.28. The van der Waals surface area contributed by atoms with Gasteiger partial charge in [0.2, 0.25) is 11.1 Å². The normalized spacial score (nSPS) is 10.4. The average molecular weight is 370 g/mol. The lowest BCUT2D eigenvalue weighted by Gasteiger charge is -2.08. The topological polar surface area (TPSA) is 72.8 Å². The van der Waals surface area contributed by atoms with Crippen molar-refractivity contribution in [3.63, 3.8) is 0 Å². The molecule has 0 amide bonds. The predicted octanol–water partition coefficient (Wildman–Crippen LogP) is 3.40. The number of nitrogens with one attached hydrogen (secondary N) is 1. The monoisotopic (exact) mass is 369 g/mol. The van der Waals surface area contributed by atoms with Gasteiger partial charge in [0.25, 0.3) is 0 Å². The van der Waals surface area contributed by atoms with Crippen molar-refractivity contribution < 1.29 is 4.74 Å². The van der Waals surface area contributed by atoms with E-state index in [0.29, 0.717) is 23.7 Å². The van der Waals surface area contributed by atoms with E-state index in [1.165, 1.54) is 11.8 Å². The summed E-state index contributed by atoms with van der Waals surface area (Å²) in [4.78, 5) is 17.2. The zero-order chi connectivity index (χ0) is 15.1. The van der Waals surface area contributed by atoms with Crippen molar-refractivity contribution >= 4 is 33.6 Å². The molecule has 0 atom stereocenters. The highest BCUT2D eigenvalue weighted by atomic mass is 79.9. The first kappa shape index (κ1) is 16.0. The van der Waals surface area contributed by atoms with E-state index in [9.17, 15) is 0 Å². The highest BCUT2D eigenvalue weighted by Gasteiger charge is 2.11. The highest BCUT2D eigenvalue weighted by Crippen LogP contribution is 2.30. The maximum absolute atomic E-state index is 5.50. The summed E-state index contributed by atoms with van der Waals surface area (Å²) in [5.41, 5.74) is 0. The smallest absolute Gasteiger partial charge is 0.322 e. The molecule has 0 unspecified atom stereocenters. The number of aromatic nitrogens is 4. The fraction of sp³-hybridized carbons (Fsp3) is 0.385. The van der Waals surface area contributed by atoms with Crippen LogP contribution in [0.15, 0.2) is 33.0 Å². The minimum atomic E-state index is 0.331. The van der Waals surface area contributed by atoms with E-state index in [2.05, 4.69) is 41.2 Å². The molecule has 8 heteroatoms. The number of rotatable bonds is 7. The molecule has 0 spiro atoms. The molecule has 0 aromatic carbocycles. The third-order valence-corrected chi connectivity index (χ3v) is 4.06. The molecule has 112 valence electrons. The molecule has 1 N–H and O–H groups in total. The van der Waals surface area contributed by atoms with Gasteiger partial charge in [0.1, 0.15) is 5.03 Å². The van der Waals surface area contributed by atoms with Crippen molar-refractivity contribution in [1.29, 1.82) is 0 Å². The van der Waals surface area contributed by atoms with Gasteiger partial charge >= 0.3 is 6.01 Å². The number of hydrogen-bond acceptors (Lipinski definition) is 7. The molecule has 0 fully saturated rings. The fourth-order valence-corrected chi connectivity index (χ4v) is 2.62. The minimum absolute atomic E-state index is 0.331. The van der Waals surface area contributed by atoms with Crippen LogP contribution >= 0.6 is 27.7 Å². The Morgan fingerprint density at radius 2 is 2.14 bits per heavy atom. The van der Waals surface area contributed by atoms with Gasteiger partial charge in [-0.2, -0.15) is 15.0 Å². The molecular formula is C13H16BrN5OS. The van der Waals surface area contributed by atoms with Crippen LogP contribution in [0.25, 0.3) is 0 Å². The quantitative estimate of drug-likeness (QED) is 0.801. The summed E-state index contributed by atoms with van der Waals surface area (Å²) in [5.74, 6) is 0.508. The molecule has 0 aliphatic heterocycles. The van der Waals surface area contributed by atoms with E-state index in [4.69, 9.17) is 4.74 Å². The fourth-order valence-electron chi connectivity index (χ4n) is 1.41. The Hall–Kier alpha value is -1.41. The molecule has 21 heavy (non-hydrogen) atoms. The van der Waals surface area contributed by atoms with Gasteiger partial charge in [-0.25, -0.2) is 4.98 Å². The van der Waals surface area contributed by atoms with Crippen LogP contribution in [-0.4, -0.2) is 33.1 Å². The summed E-state index contributed by atoms with van der Waals surface area (Å²) < 4.78 is 6.40. The Balaban J connectivity index is 2.24. The summed E-state index contributed by atoms with van der Waals surface area (Å²) >= 11 is 4.82. The van der Waals surface area contributed by atoms with E-state index in [0.717, 1.165) is 22.5 Å². The molecule has 2 aromatic rings. The van der Waals surface area contributed by atoms with E-state index in [1.807, 2.05) is 26.0 Å². The van der Waals surface area contributed by atoms with Crippen LogP contribution in [0.5, 0.6) is 6.01 Å². The number of pyridine rings is 1. The molecule has 2 heterocycles. The Morgan fingerprint density at radius 1 is 1.29 bits per heavy atom. The molecule has 0 aliphatic carbocycles. The number of ether oxygens (including phenoxy) is 1. The summed E-state index contributed by atoms with van der Waals surface area (Å²) in [6.45, 7) is 5.33. The number of hydrogen-bond donors (Lipinski definition) is 1. The number of nitrogens with zero attached hydrogens (tertiary/aromatic N) is 4. The van der Waals surface area contributed by atoms with Gasteiger partial charge in [0, 0.05) is 12.7 Å². The first-order valence-electron chi connectivity index (χ1n) is 6.64. The summed E-state index contributed by atoms with van der Waals surface area (Å²) in [6.07, 6.45) is 2.63. The Kier molecular flexibility index (Phi) is 6.19. The molecule has 0 bridgehead atoms. The maximum Gasteiger partial charge on any atom is 0.322 e. The summed E-state index contributed by atoms with van der Waals surface area (Å²) in [7, 11) is 0. The van der Waals surface area contributed by atoms with Crippen LogP contribution in [-0.2, 0) is 0 Å². The van der Waals surface area contributed by atoms with E-state index >= 15 is 0 Å². The first-order valence-corrected chi connectivity index (χ1v) is 8.25. The Labute approximate surface area is 136 Å². The van der Waals surface area contributed by atoms with E-state index in [-0.39, 0.29) is 0 Å². The van der Waals surface area contributed by atoms with Crippen LogP contribution in [0, 0.1) is 0 Å². The lowest BCUT2D eigenvalue weighted by atomic mass is 10.5. The van der Waals surface area contributed by atoms with E-state index in [1.54, 1.807) is 6.20 Å². The standard InChI is InChI=1S/C13H16BrN5OS/c1-3-8-20-12-17-11(15-4-2)18-13(19-12)21-10-9(14)6-5-7-16-10/h5-7H,3-4,8H2,1-2H3,(H,15,17,18,19). The van der Waals surface area contributed by atoms with Crippen LogP contribution in [0.4, 0.5) is 5.95 Å². The molecule has 2 aromatic heterocycles. The molecule has 0 radical (unpaired) electrons. The van der Waals surface area contributed by atoms with Crippen LogP contribution in [0.3, 0.4) is 0 Å². The third kappa shape index (κ3) is 4.82. The lowest BCUT2D eigenvalue weighted by Crippen LogP contribution is -2.08. The molecular weight excluding hydrogens is 354 g/mol. The highest BCUT2D eigenvalue weighted by molar-refractivity contribution is 9.10. The lowest BCUT2D eigenvalue weighted by molar-refractivity contribution is 0.288. The molecule has 2 rings (SSSR count). The average Bonchev–Trinajstić information content (AvgIpc) is 2.48. The SMILES string of the molecule is CCCOc1nc(NCC)nc(Sc2ncccc2Br)n1. The van der Waals surface area contributed by atoms with Crippen LogP contribution in [0.1, 0.15) is 20.3 Å². The van der Waals surface area contributed by atoms with Crippen molar-refractivity contribution in [2.45, 2.75) is 30.5 Å². The zero-order valence-electron chi connectivity index (χ0n) is 11.8. The molecule has 0 saturated carbocycles. The van der Waals surface area contributed by atoms with Crippen molar-refractivity contribution in [3.05, 3.63) is 22.8 Å². The van der Waals surface area contributed by atoms with Crippen LogP contribution in [0.2, 0.25) is 0 Å². The molecule has 0 aliphatic rings. The van der Waals surface area contributed by atoms with Crippen molar-refractivity contribution in [1.82, 2.24) is 19.9 Å². The van der Waals surface area contributed by atoms with Gasteiger partial charge in [-0.1, -0.05) is 6.92 Å². The minimum Gasteiger partial charge on any atom is -0.463 e. The Morgan fingerprint density at radius 3 is 2.86 bits per heavy atom. The molecule has 0 saturated heterocycles. The van der Waals surface area contributed by atoms with Gasteiger partial charge in [-0.15, -0.1) is 0 Å². The van der Waals surface area contributed by atoms with Crippen molar-refractivity contribution in [2.24, 2.45) is 0 Å². The summed E-state index contributed by atoms with van der Waals surface area (Å²) in [5, 5.41) is 4.42. The van der Waals surface area contributed by atoms with Crippen molar-refractivity contribution in [3.8, 4) is 6.01 Å². The van der Waals surface area contributed by atoms with Crippen LogP contribution < -0.4 is 10.1 Å². The van der Waals surface area contributed by atoms with Crippen molar-refractivity contribution in [2.75, 3.05) is 18.5 Å². The van der Waals surface area contributed by atoms with Gasteiger partial charge < -0.3 is 10.1 Å². The first-order chi connectivity index (χ1) is 10.2. The largest absolute Gasteiger partial charge is 0.463 e. The second-order valence-corrected chi connectivity index (χ2v) is 5.81. The van der Waals surface area contributed by atoms with E-state index < -0.39 is 0 Å². The number of halogens is 1. The predicted molar refractivity (Wildman–Crippen MR) is 85.8 cm³/mol. The molecule has 6 nitrogen and oxygen atoms in total. The van der Waals surface area contributed by atoms with Gasteiger partial charge in [-0.05, 0) is 53.2 Å². The Bertz CT molecular complexity index is 599. The number of anilines is 1. The summed E-state index contributed by atoms with van der Waals surface area (Å²) in [6, 6.07) is 4.12. The maximum atomic E-state index is 5.50. The van der Waals surface area contributed by atoms with Gasteiger partial charge in [0.05, 0.1) is 11.1 Å². The zero-order valence-corrected chi connectivity index (χ0v) is 14.2.